The Morgan fingerprint density at radius 3 is 2.45 bits per heavy atom. The third-order valence-electron chi connectivity index (χ3n) is 5.69. The number of nitrogens with one attached hydrogen (secondary N) is 1. The highest BCUT2D eigenvalue weighted by Crippen LogP contribution is 2.39. The first-order chi connectivity index (χ1) is 14.1. The lowest BCUT2D eigenvalue weighted by Crippen LogP contribution is -2.44. The van der Waals surface area contributed by atoms with Gasteiger partial charge >= 0.3 is 5.69 Å². The maximum atomic E-state index is 12.4. The van der Waals surface area contributed by atoms with Crippen molar-refractivity contribution in [3.8, 4) is 0 Å². The summed E-state index contributed by atoms with van der Waals surface area (Å²) in [5.74, 6) is 0.527. The van der Waals surface area contributed by atoms with E-state index in [1.54, 1.807) is 34.7 Å². The summed E-state index contributed by atoms with van der Waals surface area (Å²) in [7, 11) is 1.49. The van der Waals surface area contributed by atoms with Crippen molar-refractivity contribution in [3.63, 3.8) is 0 Å². The first-order valence-electron chi connectivity index (χ1n) is 10.6. The van der Waals surface area contributed by atoms with Crippen molar-refractivity contribution in [3.05, 3.63) is 32.6 Å². The molecule has 1 saturated heterocycles. The quantitative estimate of drug-likeness (QED) is 0.245. The van der Waals surface area contributed by atoms with Gasteiger partial charge in [0.2, 0.25) is 0 Å². The van der Waals surface area contributed by atoms with Crippen molar-refractivity contribution in [2.24, 2.45) is 0 Å². The number of hydrogen-bond acceptors (Lipinski definition) is 7. The summed E-state index contributed by atoms with van der Waals surface area (Å²) < 4.78 is 20.4. The predicted molar refractivity (Wildman–Crippen MR) is 132 cm³/mol. The molecule has 0 spiro atoms. The van der Waals surface area contributed by atoms with Gasteiger partial charge < -0.3 is 13.9 Å². The molecule has 0 amide bonds. The Balaban J connectivity index is 2.14. The van der Waals surface area contributed by atoms with Crippen LogP contribution in [0.4, 0.5) is 0 Å². The van der Waals surface area contributed by atoms with Crippen LogP contribution in [0.1, 0.15) is 59.8 Å². The summed E-state index contributed by atoms with van der Waals surface area (Å²) in [5.41, 5.74) is -0.373. The van der Waals surface area contributed by atoms with Gasteiger partial charge in [0.05, 0.1) is 12.7 Å². The first kappa shape index (κ1) is 26.7. The topological polar surface area (TPSA) is 82.6 Å². The molecule has 1 aromatic rings. The molecule has 0 unspecified atom stereocenters. The number of aromatic nitrogens is 2. The molecular weight excluding hydrogens is 452 g/mol. The lowest BCUT2D eigenvalue weighted by atomic mass is 10.2. The molecule has 3 atom stereocenters. The smallest absolute Gasteiger partial charge is 0.330 e. The van der Waals surface area contributed by atoms with Crippen LogP contribution < -0.4 is 11.2 Å². The van der Waals surface area contributed by atoms with Gasteiger partial charge in [-0.05, 0) is 25.1 Å². The van der Waals surface area contributed by atoms with Gasteiger partial charge in [-0.2, -0.15) is 0 Å². The molecule has 0 aliphatic carbocycles. The fraction of sp³-hybridized carbons (Fsp3) is 0.810. The van der Waals surface area contributed by atoms with Gasteiger partial charge in [0.15, 0.2) is 8.32 Å². The minimum atomic E-state index is -1.95. The molecule has 0 radical (unpaired) electrons. The van der Waals surface area contributed by atoms with Crippen molar-refractivity contribution in [1.29, 1.82) is 0 Å². The lowest BCUT2D eigenvalue weighted by Gasteiger charge is -2.37. The number of aromatic amines is 1. The van der Waals surface area contributed by atoms with Crippen LogP contribution in [0.25, 0.3) is 0 Å². The minimum Gasteiger partial charge on any atom is -0.414 e. The van der Waals surface area contributed by atoms with Crippen molar-refractivity contribution in [2.75, 3.05) is 12.5 Å². The van der Waals surface area contributed by atoms with Crippen molar-refractivity contribution in [1.82, 2.24) is 9.55 Å². The molecule has 0 bridgehead atoms. The Hall–Kier alpha value is -0.523. The van der Waals surface area contributed by atoms with Gasteiger partial charge in [-0.25, -0.2) is 4.79 Å². The summed E-state index contributed by atoms with van der Waals surface area (Å²) in [6.07, 6.45) is 1.11. The highest BCUT2D eigenvalue weighted by molar-refractivity contribution is 8.77. The van der Waals surface area contributed by atoms with E-state index < -0.39 is 20.2 Å². The second-order valence-electron chi connectivity index (χ2n) is 10.6. The average Bonchev–Trinajstić information content (AvgIpc) is 3.01. The number of aryl methyl sites for hydroxylation is 1. The normalized spacial score (nSPS) is 22.8. The second-order valence-corrected chi connectivity index (χ2v) is 18.4. The van der Waals surface area contributed by atoms with Crippen molar-refractivity contribution in [2.45, 2.75) is 96.2 Å². The highest BCUT2D eigenvalue weighted by Gasteiger charge is 2.42. The van der Waals surface area contributed by atoms with Crippen LogP contribution in [0.15, 0.2) is 15.8 Å². The zero-order valence-corrected chi connectivity index (χ0v) is 22.9. The van der Waals surface area contributed by atoms with Crippen LogP contribution in [0.3, 0.4) is 0 Å². The molecule has 10 heteroatoms. The van der Waals surface area contributed by atoms with Crippen LogP contribution >= 0.6 is 21.6 Å². The van der Waals surface area contributed by atoms with Crippen molar-refractivity contribution < 1.29 is 13.9 Å². The number of rotatable bonds is 8. The van der Waals surface area contributed by atoms with E-state index in [1.807, 2.05) is 0 Å². The summed E-state index contributed by atoms with van der Waals surface area (Å²) in [6, 6.07) is 0. The van der Waals surface area contributed by atoms with Gasteiger partial charge in [0.25, 0.3) is 5.56 Å². The molecule has 1 aliphatic heterocycles. The van der Waals surface area contributed by atoms with E-state index >= 15 is 0 Å². The highest BCUT2D eigenvalue weighted by atomic mass is 33.1. The largest absolute Gasteiger partial charge is 0.414 e. The predicted octanol–water partition coefficient (Wildman–Crippen LogP) is 4.68. The summed E-state index contributed by atoms with van der Waals surface area (Å²) in [4.78, 5) is 26.5. The Morgan fingerprint density at radius 2 is 1.87 bits per heavy atom. The van der Waals surface area contributed by atoms with E-state index in [2.05, 4.69) is 59.6 Å². The SMILES string of the molecule is Cc1cn([C@H]2C[C@@H](OCSSC(C)(C)C)[C@@H](CO[Si](C)(C)C(C)(C)C)O2)c(=O)[nH]c1=O. The van der Waals surface area contributed by atoms with Gasteiger partial charge in [-0.15, -0.1) is 0 Å². The zero-order chi connectivity index (χ0) is 23.6. The molecule has 0 aromatic carbocycles. The zero-order valence-electron chi connectivity index (χ0n) is 20.2. The number of ether oxygens (including phenoxy) is 2. The third kappa shape index (κ3) is 7.50. The maximum Gasteiger partial charge on any atom is 0.330 e. The van der Waals surface area contributed by atoms with E-state index in [0.717, 1.165) is 0 Å². The monoisotopic (exact) mass is 490 g/mol. The molecule has 1 aliphatic rings. The average molecular weight is 491 g/mol. The van der Waals surface area contributed by atoms with Gasteiger partial charge in [0.1, 0.15) is 18.3 Å². The summed E-state index contributed by atoms with van der Waals surface area (Å²) >= 11 is 0. The summed E-state index contributed by atoms with van der Waals surface area (Å²) in [5, 5.41) is 0.0908. The first-order valence-corrected chi connectivity index (χ1v) is 15.9. The van der Waals surface area contributed by atoms with Crippen LogP contribution in [0.5, 0.6) is 0 Å². The molecule has 2 rings (SSSR count). The van der Waals surface area contributed by atoms with Gasteiger partial charge in [-0.3, -0.25) is 14.3 Å². The third-order valence-corrected chi connectivity index (χ3v) is 13.2. The molecule has 0 saturated carbocycles. The molecule has 1 fully saturated rings. The standard InChI is InChI=1S/C21H38N2O5S2Si/c1-14-11-23(19(25)22-18(14)24)17-10-15(26-13-29-30-20(2,3)4)16(28-17)12-27-31(8,9)21(5,6)7/h11,15-17H,10,12-13H2,1-9H3,(H,22,24,25)/t15-,16-,17-/m1/s1. The van der Waals surface area contributed by atoms with Gasteiger partial charge in [-0.1, -0.05) is 63.1 Å². The van der Waals surface area contributed by atoms with Crippen LogP contribution in [-0.2, 0) is 13.9 Å². The number of hydrogen-bond donors (Lipinski definition) is 1. The molecule has 1 N–H and O–H groups in total. The van der Waals surface area contributed by atoms with E-state index in [1.165, 1.54) is 4.57 Å². The Bertz CT molecular complexity index is 857. The van der Waals surface area contributed by atoms with E-state index in [4.69, 9.17) is 13.9 Å². The molecule has 7 nitrogen and oxygen atoms in total. The van der Waals surface area contributed by atoms with Crippen LogP contribution in [0, 0.1) is 6.92 Å². The minimum absolute atomic E-state index is 0.0908. The van der Waals surface area contributed by atoms with Gasteiger partial charge in [0, 0.05) is 22.9 Å². The second kappa shape index (κ2) is 10.2. The van der Waals surface area contributed by atoms with Crippen molar-refractivity contribution >= 4 is 29.9 Å². The molecule has 1 aromatic heterocycles. The molecule has 2 heterocycles. The molecular formula is C21H38N2O5S2Si. The van der Waals surface area contributed by atoms with Crippen LogP contribution in [-0.4, -0.2) is 47.4 Å². The number of nitrogens with zero attached hydrogens (tertiary/aromatic N) is 1. The molecule has 31 heavy (non-hydrogen) atoms. The van der Waals surface area contributed by atoms with E-state index in [9.17, 15) is 9.59 Å². The Morgan fingerprint density at radius 1 is 1.23 bits per heavy atom. The molecule has 178 valence electrons. The summed E-state index contributed by atoms with van der Waals surface area (Å²) in [6.45, 7) is 19.6. The Labute approximate surface area is 194 Å². The Kier molecular flexibility index (Phi) is 8.77. The number of H-pyrrole nitrogens is 1. The lowest BCUT2D eigenvalue weighted by molar-refractivity contribution is -0.0528. The van der Waals surface area contributed by atoms with E-state index in [-0.39, 0.29) is 27.6 Å². The van der Waals surface area contributed by atoms with Crippen LogP contribution in [0.2, 0.25) is 18.1 Å². The fourth-order valence-corrected chi connectivity index (χ4v) is 5.84. The fourth-order valence-electron chi connectivity index (χ4n) is 2.82. The van der Waals surface area contributed by atoms with E-state index in [0.29, 0.717) is 24.5 Å². The maximum absolute atomic E-state index is 12.4.